The predicted molar refractivity (Wildman–Crippen MR) is 63.9 cm³/mol. The molecule has 1 fully saturated rings. The Balaban J connectivity index is 2.43. The Kier molecular flexibility index (Phi) is 5.09. The lowest BCUT2D eigenvalue weighted by atomic mass is 10.4. The summed E-state index contributed by atoms with van der Waals surface area (Å²) in [6.45, 7) is 0. The SMILES string of the molecule is N=C1CCC(=O)N1OC(=O)CCS(=O)(=O)CCCl. The number of carbonyl (C=O) groups excluding carboxylic acids is 2. The first-order valence-corrected chi connectivity index (χ1v) is 7.59. The fraction of sp³-hybridized carbons (Fsp3) is 0.667. The maximum absolute atomic E-state index is 11.3. The van der Waals surface area contributed by atoms with Crippen molar-refractivity contribution >= 4 is 39.2 Å². The van der Waals surface area contributed by atoms with E-state index in [1.165, 1.54) is 0 Å². The van der Waals surface area contributed by atoms with Gasteiger partial charge < -0.3 is 4.84 Å². The molecule has 1 rings (SSSR count). The first-order valence-electron chi connectivity index (χ1n) is 5.23. The standard InChI is InChI=1S/C9H13ClN2O5S/c10-4-6-18(15,16)5-3-9(14)17-12-7(11)1-2-8(12)13/h11H,1-6H2. The summed E-state index contributed by atoms with van der Waals surface area (Å²) < 4.78 is 22.6. The number of hydrogen-bond donors (Lipinski definition) is 1. The van der Waals surface area contributed by atoms with E-state index < -0.39 is 21.7 Å². The monoisotopic (exact) mass is 296 g/mol. The summed E-state index contributed by atoms with van der Waals surface area (Å²) in [6.07, 6.45) is -0.0242. The summed E-state index contributed by atoms with van der Waals surface area (Å²) in [6, 6.07) is 0. The van der Waals surface area contributed by atoms with Gasteiger partial charge >= 0.3 is 5.97 Å². The summed E-state index contributed by atoms with van der Waals surface area (Å²) in [5, 5.41) is 7.95. The molecule has 18 heavy (non-hydrogen) atoms. The highest BCUT2D eigenvalue weighted by Gasteiger charge is 2.30. The van der Waals surface area contributed by atoms with Crippen molar-refractivity contribution in [2.75, 3.05) is 17.4 Å². The van der Waals surface area contributed by atoms with Gasteiger partial charge in [-0.1, -0.05) is 0 Å². The number of nitrogens with one attached hydrogen (secondary N) is 1. The number of amidine groups is 1. The Morgan fingerprint density at radius 1 is 1.39 bits per heavy atom. The van der Waals surface area contributed by atoms with Gasteiger partial charge in [0.25, 0.3) is 5.91 Å². The van der Waals surface area contributed by atoms with E-state index in [2.05, 4.69) is 4.84 Å². The molecule has 1 heterocycles. The molecule has 0 saturated carbocycles. The Bertz CT molecular complexity index is 446. The molecule has 0 radical (unpaired) electrons. The van der Waals surface area contributed by atoms with Crippen LogP contribution < -0.4 is 0 Å². The molecule has 7 nitrogen and oxygen atoms in total. The lowest BCUT2D eigenvalue weighted by Crippen LogP contribution is -2.32. The van der Waals surface area contributed by atoms with E-state index >= 15 is 0 Å². The first kappa shape index (κ1) is 14.9. The number of rotatable bonds is 6. The van der Waals surface area contributed by atoms with Crippen LogP contribution in [-0.4, -0.2) is 48.6 Å². The van der Waals surface area contributed by atoms with Gasteiger partial charge in [-0.3, -0.25) is 10.2 Å². The van der Waals surface area contributed by atoms with Crippen LogP contribution in [0, 0.1) is 5.41 Å². The molecule has 9 heteroatoms. The number of sulfone groups is 1. The van der Waals surface area contributed by atoms with E-state index in [1.54, 1.807) is 0 Å². The second-order valence-electron chi connectivity index (χ2n) is 3.69. The molecule has 1 aliphatic rings. The molecule has 1 aliphatic heterocycles. The molecular formula is C9H13ClN2O5S. The molecule has 0 bridgehead atoms. The van der Waals surface area contributed by atoms with Crippen molar-refractivity contribution in [3.63, 3.8) is 0 Å². The molecular weight excluding hydrogens is 284 g/mol. The molecule has 0 aromatic carbocycles. The highest BCUT2D eigenvalue weighted by molar-refractivity contribution is 7.91. The van der Waals surface area contributed by atoms with Gasteiger partial charge in [-0.15, -0.1) is 16.7 Å². The Hall–Kier alpha value is -1.15. The van der Waals surface area contributed by atoms with E-state index in [1.807, 2.05) is 0 Å². The summed E-state index contributed by atoms with van der Waals surface area (Å²) >= 11 is 5.30. The number of hydroxylamine groups is 2. The number of amides is 1. The van der Waals surface area contributed by atoms with E-state index in [-0.39, 0.29) is 42.5 Å². The van der Waals surface area contributed by atoms with Crippen molar-refractivity contribution in [1.82, 2.24) is 5.06 Å². The van der Waals surface area contributed by atoms with Gasteiger partial charge in [-0.25, -0.2) is 13.2 Å². The molecule has 0 atom stereocenters. The van der Waals surface area contributed by atoms with Crippen molar-refractivity contribution in [2.45, 2.75) is 19.3 Å². The summed E-state index contributed by atoms with van der Waals surface area (Å²) in [5.74, 6) is -2.05. The Labute approximate surface area is 109 Å². The van der Waals surface area contributed by atoms with E-state index in [4.69, 9.17) is 17.0 Å². The van der Waals surface area contributed by atoms with E-state index in [0.717, 1.165) is 0 Å². The molecule has 0 aromatic rings. The van der Waals surface area contributed by atoms with Crippen LogP contribution >= 0.6 is 11.6 Å². The van der Waals surface area contributed by atoms with Crippen LogP contribution in [0.5, 0.6) is 0 Å². The molecule has 1 saturated heterocycles. The fourth-order valence-corrected chi connectivity index (χ4v) is 2.91. The molecule has 0 aromatic heterocycles. The van der Waals surface area contributed by atoms with Crippen molar-refractivity contribution < 1.29 is 22.8 Å². The van der Waals surface area contributed by atoms with Crippen molar-refractivity contribution in [3.8, 4) is 0 Å². The van der Waals surface area contributed by atoms with Crippen LogP contribution in [0.3, 0.4) is 0 Å². The third-order valence-corrected chi connectivity index (χ3v) is 4.31. The van der Waals surface area contributed by atoms with Crippen molar-refractivity contribution in [3.05, 3.63) is 0 Å². The number of carbonyl (C=O) groups is 2. The zero-order chi connectivity index (χ0) is 13.8. The molecule has 1 N–H and O–H groups in total. The van der Waals surface area contributed by atoms with Gasteiger partial charge in [-0.05, 0) is 0 Å². The summed E-state index contributed by atoms with van der Waals surface area (Å²) in [5.41, 5.74) is 0. The second-order valence-corrected chi connectivity index (χ2v) is 6.37. The average Bonchev–Trinajstić information content (AvgIpc) is 2.58. The van der Waals surface area contributed by atoms with Gasteiger partial charge in [0.15, 0.2) is 9.84 Å². The van der Waals surface area contributed by atoms with Crippen LogP contribution in [0.1, 0.15) is 19.3 Å². The normalized spacial score (nSPS) is 16.2. The highest BCUT2D eigenvalue weighted by atomic mass is 35.5. The third kappa shape index (κ3) is 4.26. The van der Waals surface area contributed by atoms with Crippen LogP contribution in [0.2, 0.25) is 0 Å². The Morgan fingerprint density at radius 2 is 2.06 bits per heavy atom. The fourth-order valence-electron chi connectivity index (χ4n) is 1.29. The smallest absolute Gasteiger partial charge is 0.332 e. The first-order chi connectivity index (χ1) is 8.35. The average molecular weight is 297 g/mol. The Morgan fingerprint density at radius 3 is 2.56 bits per heavy atom. The second kappa shape index (κ2) is 6.14. The minimum absolute atomic E-state index is 0.0351. The number of halogens is 1. The summed E-state index contributed by atoms with van der Waals surface area (Å²) in [4.78, 5) is 27.2. The van der Waals surface area contributed by atoms with Crippen LogP contribution in [0.25, 0.3) is 0 Å². The van der Waals surface area contributed by atoms with E-state index in [9.17, 15) is 18.0 Å². The zero-order valence-electron chi connectivity index (χ0n) is 9.52. The lowest BCUT2D eigenvalue weighted by molar-refractivity contribution is -0.180. The maximum atomic E-state index is 11.3. The quantitative estimate of drug-likeness (QED) is 0.699. The summed E-state index contributed by atoms with van der Waals surface area (Å²) in [7, 11) is -3.38. The third-order valence-electron chi connectivity index (χ3n) is 2.25. The molecule has 1 amide bonds. The van der Waals surface area contributed by atoms with E-state index in [0.29, 0.717) is 5.06 Å². The maximum Gasteiger partial charge on any atom is 0.334 e. The van der Waals surface area contributed by atoms with Gasteiger partial charge in [0.2, 0.25) is 0 Å². The number of alkyl halides is 1. The van der Waals surface area contributed by atoms with Gasteiger partial charge in [0, 0.05) is 18.7 Å². The highest BCUT2D eigenvalue weighted by Crippen LogP contribution is 2.13. The van der Waals surface area contributed by atoms with Gasteiger partial charge in [0.05, 0.1) is 17.9 Å². The number of nitrogens with zero attached hydrogens (tertiary/aromatic N) is 1. The molecule has 0 unspecified atom stereocenters. The van der Waals surface area contributed by atoms with Gasteiger partial charge in [-0.2, -0.15) is 0 Å². The molecule has 0 spiro atoms. The lowest BCUT2D eigenvalue weighted by Gasteiger charge is -2.14. The van der Waals surface area contributed by atoms with Crippen LogP contribution in [0.4, 0.5) is 0 Å². The van der Waals surface area contributed by atoms with Gasteiger partial charge in [0.1, 0.15) is 5.84 Å². The van der Waals surface area contributed by atoms with Crippen molar-refractivity contribution in [1.29, 1.82) is 5.41 Å². The van der Waals surface area contributed by atoms with Crippen LogP contribution in [0.15, 0.2) is 0 Å². The van der Waals surface area contributed by atoms with Crippen molar-refractivity contribution in [2.24, 2.45) is 0 Å². The minimum Gasteiger partial charge on any atom is -0.332 e. The predicted octanol–water partition coefficient (Wildman–Crippen LogP) is 0.0880. The largest absolute Gasteiger partial charge is 0.334 e. The van der Waals surface area contributed by atoms with Crippen LogP contribution in [-0.2, 0) is 24.3 Å². The topological polar surface area (TPSA) is 105 Å². The number of hydrogen-bond acceptors (Lipinski definition) is 6. The molecule has 102 valence electrons. The minimum atomic E-state index is -3.38. The zero-order valence-corrected chi connectivity index (χ0v) is 11.1. The molecule has 0 aliphatic carbocycles.